The van der Waals surface area contributed by atoms with E-state index in [-0.39, 0.29) is 0 Å². The normalized spacial score (nSPS) is 23.4. The quantitative estimate of drug-likeness (QED) is 0.547. The molecule has 1 rings (SSSR count). The molecule has 0 bridgehead atoms. The molecule has 3 heteroatoms. The molecule has 60 valence electrons. The van der Waals surface area contributed by atoms with E-state index in [2.05, 4.69) is 11.8 Å². The van der Waals surface area contributed by atoms with Gasteiger partial charge in [0.25, 0.3) is 0 Å². The van der Waals surface area contributed by atoms with E-state index in [0.717, 1.165) is 26.2 Å². The van der Waals surface area contributed by atoms with Crippen molar-refractivity contribution in [1.29, 1.82) is 0 Å². The average molecular weight is 143 g/mol. The van der Waals surface area contributed by atoms with E-state index in [4.69, 9.17) is 5.84 Å². The number of hydrazine groups is 1. The van der Waals surface area contributed by atoms with Crippen molar-refractivity contribution in [2.24, 2.45) is 5.84 Å². The third-order valence-corrected chi connectivity index (χ3v) is 1.95. The molecule has 1 aliphatic rings. The number of rotatable bonds is 2. The van der Waals surface area contributed by atoms with Gasteiger partial charge in [-0.1, -0.05) is 6.92 Å². The lowest BCUT2D eigenvalue weighted by Gasteiger charge is -2.31. The van der Waals surface area contributed by atoms with Crippen LogP contribution in [0.25, 0.3) is 0 Å². The minimum atomic E-state index is 1.03. The number of piperazine rings is 1. The Hall–Kier alpha value is -0.120. The second-order valence-electron chi connectivity index (χ2n) is 2.88. The van der Waals surface area contributed by atoms with Crippen molar-refractivity contribution in [2.45, 2.75) is 13.3 Å². The third-order valence-electron chi connectivity index (χ3n) is 1.95. The molecule has 0 saturated carbocycles. The summed E-state index contributed by atoms with van der Waals surface area (Å²) in [6, 6.07) is 0. The van der Waals surface area contributed by atoms with Crippen LogP contribution in [0.4, 0.5) is 0 Å². The zero-order valence-electron chi connectivity index (χ0n) is 6.71. The lowest BCUT2D eigenvalue weighted by atomic mass is 10.3. The monoisotopic (exact) mass is 143 g/mol. The fraction of sp³-hybridized carbons (Fsp3) is 1.00. The van der Waals surface area contributed by atoms with Crippen LogP contribution in [0.1, 0.15) is 13.3 Å². The van der Waals surface area contributed by atoms with Crippen molar-refractivity contribution in [1.82, 2.24) is 9.91 Å². The smallest absolute Gasteiger partial charge is 0.0257 e. The lowest BCUT2D eigenvalue weighted by molar-refractivity contribution is 0.134. The number of hydrogen-bond acceptors (Lipinski definition) is 3. The Kier molecular flexibility index (Phi) is 3.12. The Bertz CT molecular complexity index is 86.9. The summed E-state index contributed by atoms with van der Waals surface area (Å²) < 4.78 is 0. The molecule has 1 heterocycles. The molecule has 0 aliphatic carbocycles. The molecule has 2 N–H and O–H groups in total. The first-order valence-corrected chi connectivity index (χ1v) is 4.05. The van der Waals surface area contributed by atoms with Crippen LogP contribution < -0.4 is 5.84 Å². The minimum Gasteiger partial charge on any atom is -0.301 e. The SMILES string of the molecule is CCCN1CCN(N)CC1. The van der Waals surface area contributed by atoms with Crippen LogP contribution in [0, 0.1) is 0 Å². The fourth-order valence-corrected chi connectivity index (χ4v) is 1.30. The minimum absolute atomic E-state index is 1.03. The first kappa shape index (κ1) is 7.98. The van der Waals surface area contributed by atoms with Gasteiger partial charge >= 0.3 is 0 Å². The van der Waals surface area contributed by atoms with Crippen LogP contribution in [0.3, 0.4) is 0 Å². The maximum absolute atomic E-state index is 5.60. The van der Waals surface area contributed by atoms with E-state index in [9.17, 15) is 0 Å². The van der Waals surface area contributed by atoms with E-state index >= 15 is 0 Å². The van der Waals surface area contributed by atoms with Crippen molar-refractivity contribution < 1.29 is 0 Å². The maximum atomic E-state index is 5.60. The van der Waals surface area contributed by atoms with E-state index in [1.165, 1.54) is 13.0 Å². The predicted molar refractivity (Wildman–Crippen MR) is 42.5 cm³/mol. The van der Waals surface area contributed by atoms with Gasteiger partial charge in [-0.25, -0.2) is 5.01 Å². The van der Waals surface area contributed by atoms with Crippen LogP contribution in [-0.2, 0) is 0 Å². The molecule has 0 amide bonds. The van der Waals surface area contributed by atoms with Crippen molar-refractivity contribution in [3.63, 3.8) is 0 Å². The van der Waals surface area contributed by atoms with E-state index in [0.29, 0.717) is 0 Å². The first-order valence-electron chi connectivity index (χ1n) is 4.05. The number of hydrogen-bond donors (Lipinski definition) is 1. The summed E-state index contributed by atoms with van der Waals surface area (Å²) in [4.78, 5) is 2.46. The molecule has 1 fully saturated rings. The van der Waals surface area contributed by atoms with Crippen LogP contribution in [0.2, 0.25) is 0 Å². The van der Waals surface area contributed by atoms with Gasteiger partial charge in [-0.3, -0.25) is 5.84 Å². The van der Waals surface area contributed by atoms with Gasteiger partial charge in [-0.15, -0.1) is 0 Å². The first-order chi connectivity index (χ1) is 4.83. The van der Waals surface area contributed by atoms with E-state index in [1.54, 1.807) is 0 Å². The van der Waals surface area contributed by atoms with Crippen LogP contribution >= 0.6 is 0 Å². The summed E-state index contributed by atoms with van der Waals surface area (Å²) in [5, 5.41) is 1.90. The van der Waals surface area contributed by atoms with Crippen molar-refractivity contribution in [3.05, 3.63) is 0 Å². The van der Waals surface area contributed by atoms with Crippen LogP contribution in [-0.4, -0.2) is 42.6 Å². The Morgan fingerprint density at radius 3 is 2.30 bits per heavy atom. The molecule has 1 aliphatic heterocycles. The topological polar surface area (TPSA) is 32.5 Å². The highest BCUT2D eigenvalue weighted by atomic mass is 15.4. The molecule has 3 nitrogen and oxygen atoms in total. The number of nitrogens with two attached hydrogens (primary N) is 1. The lowest BCUT2D eigenvalue weighted by Crippen LogP contribution is -2.49. The predicted octanol–water partition coefficient (Wildman–Crippen LogP) is -0.112. The Morgan fingerprint density at radius 2 is 1.80 bits per heavy atom. The molecule has 0 spiro atoms. The molecule has 1 saturated heterocycles. The molecule has 0 radical (unpaired) electrons. The highest BCUT2D eigenvalue weighted by molar-refractivity contribution is 4.66. The highest BCUT2D eigenvalue weighted by Gasteiger charge is 2.11. The van der Waals surface area contributed by atoms with Gasteiger partial charge in [0, 0.05) is 26.2 Å². The van der Waals surface area contributed by atoms with Crippen LogP contribution in [0.5, 0.6) is 0 Å². The molecule has 0 aromatic carbocycles. The van der Waals surface area contributed by atoms with E-state index < -0.39 is 0 Å². The van der Waals surface area contributed by atoms with Gasteiger partial charge in [0.2, 0.25) is 0 Å². The van der Waals surface area contributed by atoms with Crippen LogP contribution in [0.15, 0.2) is 0 Å². The molecule has 0 atom stereocenters. The second kappa shape index (κ2) is 3.91. The van der Waals surface area contributed by atoms with Crippen molar-refractivity contribution in [2.75, 3.05) is 32.7 Å². The standard InChI is InChI=1S/C7H17N3/c1-2-3-9-4-6-10(8)7-5-9/h2-8H2,1H3. The molecule has 0 unspecified atom stereocenters. The summed E-state index contributed by atoms with van der Waals surface area (Å²) in [7, 11) is 0. The maximum Gasteiger partial charge on any atom is 0.0257 e. The zero-order chi connectivity index (χ0) is 7.40. The fourth-order valence-electron chi connectivity index (χ4n) is 1.30. The molecular formula is C7H17N3. The summed E-state index contributed by atoms with van der Waals surface area (Å²) in [5.41, 5.74) is 0. The molecule has 0 aromatic heterocycles. The Morgan fingerprint density at radius 1 is 1.20 bits per heavy atom. The Labute approximate surface area is 62.8 Å². The van der Waals surface area contributed by atoms with Gasteiger partial charge in [0.15, 0.2) is 0 Å². The summed E-state index contributed by atoms with van der Waals surface area (Å²) in [6.45, 7) is 7.79. The van der Waals surface area contributed by atoms with Gasteiger partial charge in [0.1, 0.15) is 0 Å². The highest BCUT2D eigenvalue weighted by Crippen LogP contribution is 1.97. The third kappa shape index (κ3) is 2.25. The second-order valence-corrected chi connectivity index (χ2v) is 2.88. The van der Waals surface area contributed by atoms with Gasteiger partial charge in [0.05, 0.1) is 0 Å². The van der Waals surface area contributed by atoms with E-state index in [1.807, 2.05) is 5.01 Å². The van der Waals surface area contributed by atoms with Gasteiger partial charge in [-0.2, -0.15) is 0 Å². The summed E-state index contributed by atoms with van der Waals surface area (Å²) in [6.07, 6.45) is 1.25. The molecule has 10 heavy (non-hydrogen) atoms. The summed E-state index contributed by atoms with van der Waals surface area (Å²) in [5.74, 6) is 5.60. The average Bonchev–Trinajstić information content (AvgIpc) is 1.95. The molecule has 0 aromatic rings. The summed E-state index contributed by atoms with van der Waals surface area (Å²) >= 11 is 0. The van der Waals surface area contributed by atoms with Gasteiger partial charge in [-0.05, 0) is 13.0 Å². The number of nitrogens with zero attached hydrogens (tertiary/aromatic N) is 2. The van der Waals surface area contributed by atoms with Crippen molar-refractivity contribution >= 4 is 0 Å². The Balaban J connectivity index is 2.13. The van der Waals surface area contributed by atoms with Gasteiger partial charge < -0.3 is 4.90 Å². The molecular weight excluding hydrogens is 126 g/mol. The largest absolute Gasteiger partial charge is 0.301 e. The van der Waals surface area contributed by atoms with Crippen molar-refractivity contribution in [3.8, 4) is 0 Å². The zero-order valence-corrected chi connectivity index (χ0v) is 6.71.